The molecule has 2 N–H and O–H groups in total. The number of ether oxygens (including phenoxy) is 1. The van der Waals surface area contributed by atoms with E-state index in [-0.39, 0.29) is 17.3 Å². The second-order valence-corrected chi connectivity index (χ2v) is 10.2. The van der Waals surface area contributed by atoms with Gasteiger partial charge < -0.3 is 15.4 Å². The van der Waals surface area contributed by atoms with Crippen LogP contribution in [-0.4, -0.2) is 56.7 Å². The lowest BCUT2D eigenvalue weighted by molar-refractivity contribution is -0.146. The second-order valence-electron chi connectivity index (χ2n) is 6.94. The molecule has 2 aromatic rings. The fraction of sp³-hybridized carbons (Fsp3) is 0.350. The molecule has 0 atom stereocenters. The molecule has 0 aliphatic carbocycles. The third-order valence-corrected chi connectivity index (χ3v) is 7.47. The first-order chi connectivity index (χ1) is 14.8. The third kappa shape index (κ3) is 6.12. The molecule has 2 heterocycles. The smallest absolute Gasteiger partial charge is 0.325 e. The Morgan fingerprint density at radius 1 is 1.06 bits per heavy atom. The minimum absolute atomic E-state index is 0.163. The van der Waals surface area contributed by atoms with Gasteiger partial charge in [-0.25, -0.2) is 8.42 Å². The predicted octanol–water partition coefficient (Wildman–Crippen LogP) is 1.75. The van der Waals surface area contributed by atoms with Crippen LogP contribution in [0.4, 0.5) is 5.69 Å². The fourth-order valence-electron chi connectivity index (χ4n) is 2.98. The van der Waals surface area contributed by atoms with Gasteiger partial charge in [0.1, 0.15) is 6.54 Å². The van der Waals surface area contributed by atoms with E-state index in [0.29, 0.717) is 23.7 Å². The monoisotopic (exact) mass is 465 g/mol. The maximum absolute atomic E-state index is 12.5. The van der Waals surface area contributed by atoms with Crippen molar-refractivity contribution in [2.75, 3.05) is 31.6 Å². The van der Waals surface area contributed by atoms with Crippen LogP contribution in [0.3, 0.4) is 0 Å². The molecule has 3 rings (SSSR count). The number of sulfonamides is 1. The van der Waals surface area contributed by atoms with E-state index in [0.717, 1.165) is 17.7 Å². The predicted molar refractivity (Wildman–Crippen MR) is 115 cm³/mol. The molecule has 0 bridgehead atoms. The number of thiophene rings is 1. The summed E-state index contributed by atoms with van der Waals surface area (Å²) < 4.78 is 31.3. The molecule has 1 aromatic carbocycles. The van der Waals surface area contributed by atoms with Crippen molar-refractivity contribution in [2.45, 2.75) is 24.7 Å². The maximum atomic E-state index is 12.5. The number of hydrogen-bond donors (Lipinski definition) is 2. The number of aryl methyl sites for hydroxylation is 1. The number of anilines is 1. The van der Waals surface area contributed by atoms with Crippen molar-refractivity contribution >= 4 is 44.8 Å². The number of nitrogens with one attached hydrogen (secondary N) is 2. The molecule has 31 heavy (non-hydrogen) atoms. The van der Waals surface area contributed by atoms with Crippen LogP contribution in [0.5, 0.6) is 0 Å². The van der Waals surface area contributed by atoms with E-state index < -0.39 is 28.5 Å². The normalized spacial score (nSPS) is 14.2. The average Bonchev–Trinajstić information content (AvgIpc) is 3.43. The Morgan fingerprint density at radius 2 is 1.74 bits per heavy atom. The molecule has 9 nitrogen and oxygen atoms in total. The van der Waals surface area contributed by atoms with Crippen molar-refractivity contribution < 1.29 is 27.5 Å². The van der Waals surface area contributed by atoms with Crippen LogP contribution >= 0.6 is 11.3 Å². The highest BCUT2D eigenvalue weighted by Crippen LogP contribution is 2.22. The number of carbonyl (C=O) groups is 3. The third-order valence-electron chi connectivity index (χ3n) is 4.56. The van der Waals surface area contributed by atoms with E-state index in [2.05, 4.69) is 10.6 Å². The quantitative estimate of drug-likeness (QED) is 0.573. The van der Waals surface area contributed by atoms with Crippen LogP contribution in [0.2, 0.25) is 0 Å². The summed E-state index contributed by atoms with van der Waals surface area (Å²) in [6.07, 6.45) is 1.70. The summed E-state index contributed by atoms with van der Waals surface area (Å²) in [5, 5.41) is 4.96. The summed E-state index contributed by atoms with van der Waals surface area (Å²) in [6.45, 7) is 2.01. The van der Waals surface area contributed by atoms with Crippen molar-refractivity contribution in [2.24, 2.45) is 0 Å². The zero-order valence-electron chi connectivity index (χ0n) is 16.9. The molecule has 1 aromatic heterocycles. The van der Waals surface area contributed by atoms with Gasteiger partial charge in [0.25, 0.3) is 11.8 Å². The van der Waals surface area contributed by atoms with Gasteiger partial charge in [-0.2, -0.15) is 4.31 Å². The van der Waals surface area contributed by atoms with Gasteiger partial charge in [0, 0.05) is 23.7 Å². The van der Waals surface area contributed by atoms with Crippen LogP contribution < -0.4 is 10.6 Å². The number of hydrogen-bond acceptors (Lipinski definition) is 7. The molecule has 0 spiro atoms. The Kier molecular flexibility index (Phi) is 7.42. The van der Waals surface area contributed by atoms with Crippen LogP contribution in [0.15, 0.2) is 41.3 Å². The molecular formula is C20H23N3O6S2. The van der Waals surface area contributed by atoms with Crippen molar-refractivity contribution in [1.82, 2.24) is 9.62 Å². The standard InChI is InChI=1S/C20H23N3O6S2/c1-14-4-9-17(30-14)20(26)21-12-19(25)29-13-18(24)22-15-5-7-16(8-6-15)31(27,28)23-10-2-3-11-23/h4-9H,2-3,10-13H2,1H3,(H,21,26)(H,22,24). The van der Waals surface area contributed by atoms with Crippen LogP contribution in [0.1, 0.15) is 27.4 Å². The summed E-state index contributed by atoms with van der Waals surface area (Å²) in [5.74, 6) is -1.71. The first kappa shape index (κ1) is 22.9. The van der Waals surface area contributed by atoms with Gasteiger partial charge in [-0.3, -0.25) is 14.4 Å². The Hall–Kier alpha value is -2.76. The van der Waals surface area contributed by atoms with E-state index in [1.165, 1.54) is 39.9 Å². The van der Waals surface area contributed by atoms with Crippen molar-refractivity contribution in [3.05, 3.63) is 46.2 Å². The molecule has 1 aliphatic rings. The van der Waals surface area contributed by atoms with Crippen molar-refractivity contribution in [3.8, 4) is 0 Å². The largest absolute Gasteiger partial charge is 0.454 e. The lowest BCUT2D eigenvalue weighted by atomic mass is 10.3. The maximum Gasteiger partial charge on any atom is 0.325 e. The van der Waals surface area contributed by atoms with E-state index in [1.54, 1.807) is 12.1 Å². The van der Waals surface area contributed by atoms with Crippen LogP contribution in [-0.2, 0) is 24.3 Å². The van der Waals surface area contributed by atoms with Gasteiger partial charge in [-0.1, -0.05) is 0 Å². The van der Waals surface area contributed by atoms with E-state index in [4.69, 9.17) is 4.74 Å². The molecule has 0 radical (unpaired) electrons. The number of benzene rings is 1. The molecule has 2 amide bonds. The zero-order valence-corrected chi connectivity index (χ0v) is 18.6. The van der Waals surface area contributed by atoms with Gasteiger partial charge in [-0.15, -0.1) is 11.3 Å². The topological polar surface area (TPSA) is 122 Å². The number of rotatable bonds is 8. The minimum Gasteiger partial charge on any atom is -0.454 e. The van der Waals surface area contributed by atoms with Gasteiger partial charge >= 0.3 is 5.97 Å². The molecule has 1 saturated heterocycles. The first-order valence-electron chi connectivity index (χ1n) is 9.66. The lowest BCUT2D eigenvalue weighted by Gasteiger charge is -2.15. The summed E-state index contributed by atoms with van der Waals surface area (Å²) in [6, 6.07) is 9.28. The summed E-state index contributed by atoms with van der Waals surface area (Å²) in [7, 11) is -3.52. The van der Waals surface area contributed by atoms with Gasteiger partial charge in [0.2, 0.25) is 10.0 Å². The highest BCUT2D eigenvalue weighted by Gasteiger charge is 2.26. The van der Waals surface area contributed by atoms with E-state index in [9.17, 15) is 22.8 Å². The highest BCUT2D eigenvalue weighted by molar-refractivity contribution is 7.89. The SMILES string of the molecule is Cc1ccc(C(=O)NCC(=O)OCC(=O)Nc2ccc(S(=O)(=O)N3CCCC3)cc2)s1. The molecule has 1 aliphatic heterocycles. The Morgan fingerprint density at radius 3 is 2.35 bits per heavy atom. The van der Waals surface area contributed by atoms with Crippen molar-refractivity contribution in [3.63, 3.8) is 0 Å². The van der Waals surface area contributed by atoms with E-state index >= 15 is 0 Å². The van der Waals surface area contributed by atoms with Gasteiger partial charge in [0.05, 0.1) is 9.77 Å². The van der Waals surface area contributed by atoms with Crippen LogP contribution in [0.25, 0.3) is 0 Å². The molecule has 166 valence electrons. The first-order valence-corrected chi connectivity index (χ1v) is 11.9. The minimum atomic E-state index is -3.52. The lowest BCUT2D eigenvalue weighted by Crippen LogP contribution is -2.31. The Balaban J connectivity index is 1.43. The highest BCUT2D eigenvalue weighted by atomic mass is 32.2. The summed E-state index contributed by atoms with van der Waals surface area (Å²) in [4.78, 5) is 37.2. The molecule has 11 heteroatoms. The van der Waals surface area contributed by atoms with Gasteiger partial charge in [-0.05, 0) is 56.2 Å². The van der Waals surface area contributed by atoms with Gasteiger partial charge in [0.15, 0.2) is 6.61 Å². The Bertz CT molecular complexity index is 1060. The summed E-state index contributed by atoms with van der Waals surface area (Å²) >= 11 is 1.31. The molecule has 0 unspecified atom stereocenters. The average molecular weight is 466 g/mol. The Labute approximate surface area is 184 Å². The second kappa shape index (κ2) is 10.0. The number of esters is 1. The zero-order chi connectivity index (χ0) is 22.4. The van der Waals surface area contributed by atoms with Crippen molar-refractivity contribution in [1.29, 1.82) is 0 Å². The molecule has 1 fully saturated rings. The molecule has 0 saturated carbocycles. The summed E-state index contributed by atoms with van der Waals surface area (Å²) in [5.41, 5.74) is 0.378. The van der Waals surface area contributed by atoms with Crippen LogP contribution in [0, 0.1) is 6.92 Å². The number of carbonyl (C=O) groups excluding carboxylic acids is 3. The fourth-order valence-corrected chi connectivity index (χ4v) is 5.28. The number of amides is 2. The van der Waals surface area contributed by atoms with E-state index in [1.807, 2.05) is 6.92 Å². The number of nitrogens with zero attached hydrogens (tertiary/aromatic N) is 1. The molecular weight excluding hydrogens is 442 g/mol.